The fourth-order valence-electron chi connectivity index (χ4n) is 2.69. The summed E-state index contributed by atoms with van der Waals surface area (Å²) in [5.41, 5.74) is 0.333. The molecule has 0 spiro atoms. The highest BCUT2D eigenvalue weighted by molar-refractivity contribution is 5.94. The van der Waals surface area contributed by atoms with E-state index in [-0.39, 0.29) is 11.7 Å². The molecule has 134 valence electrons. The molecule has 1 fully saturated rings. The Bertz CT molecular complexity index is 730. The number of carbonyl (C=O) groups excluding carboxylic acids is 1. The largest absolute Gasteiger partial charge is 0.435 e. The first-order valence-electron chi connectivity index (χ1n) is 7.87. The lowest BCUT2D eigenvalue weighted by molar-refractivity contribution is -0.0499. The zero-order valence-corrected chi connectivity index (χ0v) is 13.7. The predicted molar refractivity (Wildman–Crippen MR) is 83.3 cm³/mol. The molecule has 9 heteroatoms. The summed E-state index contributed by atoms with van der Waals surface area (Å²) < 4.78 is 34.0. The summed E-state index contributed by atoms with van der Waals surface area (Å²) in [6.07, 6.45) is 0. The number of alkyl halides is 2. The molecule has 0 N–H and O–H groups in total. The summed E-state index contributed by atoms with van der Waals surface area (Å²) in [5.74, 6) is 0.920. The molecule has 0 bridgehead atoms. The fourth-order valence-corrected chi connectivity index (χ4v) is 2.69. The van der Waals surface area contributed by atoms with Crippen LogP contribution in [-0.4, -0.2) is 58.6 Å². The minimum absolute atomic E-state index is 0.0220. The van der Waals surface area contributed by atoms with Gasteiger partial charge in [-0.2, -0.15) is 13.8 Å². The number of amides is 1. The number of aryl methyl sites for hydroxylation is 1. The van der Waals surface area contributed by atoms with Gasteiger partial charge in [0.25, 0.3) is 5.91 Å². The monoisotopic (exact) mass is 352 g/mol. The molecule has 1 saturated heterocycles. The Balaban J connectivity index is 1.56. The molecule has 0 saturated carbocycles. The number of nitrogens with zero attached hydrogens (tertiary/aromatic N) is 4. The first-order valence-corrected chi connectivity index (χ1v) is 7.87. The van der Waals surface area contributed by atoms with Crippen molar-refractivity contribution >= 4 is 5.91 Å². The van der Waals surface area contributed by atoms with Gasteiger partial charge in [0.2, 0.25) is 5.89 Å². The first kappa shape index (κ1) is 17.3. The summed E-state index contributed by atoms with van der Waals surface area (Å²) in [5, 5.41) is 3.75. The van der Waals surface area contributed by atoms with E-state index in [0.29, 0.717) is 50.0 Å². The number of hydrogen-bond donors (Lipinski definition) is 0. The van der Waals surface area contributed by atoms with E-state index < -0.39 is 6.61 Å². The molecule has 1 aromatic heterocycles. The molecule has 1 aliphatic heterocycles. The second kappa shape index (κ2) is 7.56. The van der Waals surface area contributed by atoms with Crippen molar-refractivity contribution in [2.24, 2.45) is 0 Å². The second-order valence-corrected chi connectivity index (χ2v) is 5.71. The fraction of sp³-hybridized carbons (Fsp3) is 0.438. The third-order valence-corrected chi connectivity index (χ3v) is 3.89. The van der Waals surface area contributed by atoms with Crippen LogP contribution in [0.1, 0.15) is 22.1 Å². The third kappa shape index (κ3) is 4.50. The lowest BCUT2D eigenvalue weighted by atomic mass is 10.1. The van der Waals surface area contributed by atoms with E-state index in [4.69, 9.17) is 4.52 Å². The van der Waals surface area contributed by atoms with Crippen LogP contribution in [0.5, 0.6) is 5.75 Å². The number of ether oxygens (including phenoxy) is 1. The summed E-state index contributed by atoms with van der Waals surface area (Å²) in [6, 6.07) is 5.85. The van der Waals surface area contributed by atoms with Gasteiger partial charge in [0.05, 0.1) is 6.54 Å². The van der Waals surface area contributed by atoms with Crippen molar-refractivity contribution in [3.05, 3.63) is 41.5 Å². The Hall–Kier alpha value is -2.55. The van der Waals surface area contributed by atoms with Crippen LogP contribution in [0.25, 0.3) is 0 Å². The zero-order chi connectivity index (χ0) is 17.8. The van der Waals surface area contributed by atoms with Crippen LogP contribution in [0.2, 0.25) is 0 Å². The molecule has 1 aliphatic rings. The summed E-state index contributed by atoms with van der Waals surface area (Å²) in [6.45, 7) is 1.79. The maximum atomic E-state index is 12.5. The number of hydrogen-bond acceptors (Lipinski definition) is 6. The van der Waals surface area contributed by atoms with Gasteiger partial charge in [0, 0.05) is 31.7 Å². The topological polar surface area (TPSA) is 71.7 Å². The highest BCUT2D eigenvalue weighted by atomic mass is 19.3. The van der Waals surface area contributed by atoms with Crippen LogP contribution in [0.4, 0.5) is 8.78 Å². The maximum absolute atomic E-state index is 12.5. The molecule has 0 unspecified atom stereocenters. The van der Waals surface area contributed by atoms with E-state index in [1.165, 1.54) is 18.2 Å². The number of rotatable bonds is 5. The van der Waals surface area contributed by atoms with Gasteiger partial charge >= 0.3 is 6.61 Å². The minimum Gasteiger partial charge on any atom is -0.435 e. The zero-order valence-electron chi connectivity index (χ0n) is 13.7. The number of piperazine rings is 1. The molecule has 0 radical (unpaired) electrons. The SMILES string of the molecule is Cc1noc(CN2CCN(C(=O)c3cccc(OC(F)F)c3)CC2)n1. The molecule has 25 heavy (non-hydrogen) atoms. The van der Waals surface area contributed by atoms with Crippen molar-refractivity contribution in [1.82, 2.24) is 19.9 Å². The average molecular weight is 352 g/mol. The van der Waals surface area contributed by atoms with Gasteiger partial charge in [-0.3, -0.25) is 9.69 Å². The van der Waals surface area contributed by atoms with Crippen LogP contribution in [0.3, 0.4) is 0 Å². The van der Waals surface area contributed by atoms with Crippen molar-refractivity contribution in [2.45, 2.75) is 20.1 Å². The second-order valence-electron chi connectivity index (χ2n) is 5.71. The van der Waals surface area contributed by atoms with Gasteiger partial charge in [0.1, 0.15) is 5.75 Å². The molecular formula is C16H18F2N4O3. The van der Waals surface area contributed by atoms with E-state index >= 15 is 0 Å². The molecule has 0 aliphatic carbocycles. The molecule has 2 heterocycles. The van der Waals surface area contributed by atoms with Gasteiger partial charge < -0.3 is 14.2 Å². The van der Waals surface area contributed by atoms with E-state index in [2.05, 4.69) is 19.8 Å². The standard InChI is InChI=1S/C16H18F2N4O3/c1-11-19-14(25-20-11)10-21-5-7-22(8-6-21)15(23)12-3-2-4-13(9-12)24-16(17)18/h2-4,9,16H,5-8,10H2,1H3. The molecule has 1 amide bonds. The lowest BCUT2D eigenvalue weighted by Crippen LogP contribution is -2.48. The van der Waals surface area contributed by atoms with Crippen molar-refractivity contribution in [2.75, 3.05) is 26.2 Å². The summed E-state index contributed by atoms with van der Waals surface area (Å²) in [7, 11) is 0. The normalized spacial score (nSPS) is 15.6. The number of halogens is 2. The van der Waals surface area contributed by atoms with Gasteiger partial charge in [-0.25, -0.2) is 0 Å². The Labute approximate surface area is 143 Å². The maximum Gasteiger partial charge on any atom is 0.387 e. The van der Waals surface area contributed by atoms with E-state index in [1.54, 1.807) is 17.9 Å². The molecule has 3 rings (SSSR count). The van der Waals surface area contributed by atoms with Crippen molar-refractivity contribution in [1.29, 1.82) is 0 Å². The van der Waals surface area contributed by atoms with Crippen molar-refractivity contribution in [3.63, 3.8) is 0 Å². The third-order valence-electron chi connectivity index (χ3n) is 3.89. The predicted octanol–water partition coefficient (Wildman–Crippen LogP) is 1.94. The minimum atomic E-state index is -2.91. The summed E-state index contributed by atoms with van der Waals surface area (Å²) >= 11 is 0. The highest BCUT2D eigenvalue weighted by Crippen LogP contribution is 2.18. The van der Waals surface area contributed by atoms with Crippen molar-refractivity contribution < 1.29 is 22.8 Å². The Kier molecular flexibility index (Phi) is 5.22. The van der Waals surface area contributed by atoms with E-state index in [1.807, 2.05) is 0 Å². The first-order chi connectivity index (χ1) is 12.0. The molecule has 0 atom stereocenters. The van der Waals surface area contributed by atoms with Gasteiger partial charge in [-0.1, -0.05) is 11.2 Å². The Morgan fingerprint density at radius 1 is 1.32 bits per heavy atom. The van der Waals surface area contributed by atoms with Crippen LogP contribution in [0, 0.1) is 6.92 Å². The summed E-state index contributed by atoms with van der Waals surface area (Å²) in [4.78, 5) is 20.5. The van der Waals surface area contributed by atoms with E-state index in [0.717, 1.165) is 0 Å². The molecule has 2 aromatic rings. The number of aromatic nitrogens is 2. The van der Waals surface area contributed by atoms with Crippen LogP contribution >= 0.6 is 0 Å². The average Bonchev–Trinajstić information content (AvgIpc) is 2.99. The van der Waals surface area contributed by atoms with Crippen LogP contribution in [0.15, 0.2) is 28.8 Å². The molecular weight excluding hydrogens is 334 g/mol. The van der Waals surface area contributed by atoms with E-state index in [9.17, 15) is 13.6 Å². The van der Waals surface area contributed by atoms with Crippen LogP contribution < -0.4 is 4.74 Å². The van der Waals surface area contributed by atoms with Crippen molar-refractivity contribution in [3.8, 4) is 5.75 Å². The van der Waals surface area contributed by atoms with Gasteiger partial charge in [-0.15, -0.1) is 0 Å². The Morgan fingerprint density at radius 3 is 2.72 bits per heavy atom. The van der Waals surface area contributed by atoms with Gasteiger partial charge in [-0.05, 0) is 25.1 Å². The Morgan fingerprint density at radius 2 is 2.08 bits per heavy atom. The molecule has 1 aromatic carbocycles. The smallest absolute Gasteiger partial charge is 0.387 e. The highest BCUT2D eigenvalue weighted by Gasteiger charge is 2.23. The van der Waals surface area contributed by atoms with Crippen LogP contribution in [-0.2, 0) is 6.54 Å². The van der Waals surface area contributed by atoms with Gasteiger partial charge in [0.15, 0.2) is 5.82 Å². The molecule has 7 nitrogen and oxygen atoms in total. The number of carbonyl (C=O) groups is 1. The lowest BCUT2D eigenvalue weighted by Gasteiger charge is -2.34. The number of benzene rings is 1. The quantitative estimate of drug-likeness (QED) is 0.819.